The van der Waals surface area contributed by atoms with Gasteiger partial charge in [0.25, 0.3) is 0 Å². The second-order valence-electron chi connectivity index (χ2n) is 3.03. The van der Waals surface area contributed by atoms with Crippen molar-refractivity contribution >= 4 is 11.6 Å². The van der Waals surface area contributed by atoms with Crippen LogP contribution in [0.4, 0.5) is 0 Å². The summed E-state index contributed by atoms with van der Waals surface area (Å²) in [6.07, 6.45) is -5.02. The fraction of sp³-hybridized carbons (Fsp3) is 0.500. The van der Waals surface area contributed by atoms with Crippen molar-refractivity contribution in [3.05, 3.63) is 11.5 Å². The number of carbonyl (C=O) groups is 2. The zero-order chi connectivity index (χ0) is 11.7. The predicted octanol–water partition coefficient (Wildman–Crippen LogP) is -1.45. The van der Waals surface area contributed by atoms with Gasteiger partial charge in [-0.1, -0.05) is 0 Å². The fourth-order valence-electron chi connectivity index (χ4n) is 1.14. The molecule has 15 heavy (non-hydrogen) atoms. The van der Waals surface area contributed by atoms with Crippen molar-refractivity contribution in [2.24, 2.45) is 0 Å². The molecular weight excluding hydrogens is 208 g/mol. The number of rotatable bonds is 2. The van der Waals surface area contributed by atoms with Crippen LogP contribution in [0.3, 0.4) is 0 Å². The van der Waals surface area contributed by atoms with Gasteiger partial charge in [0.15, 0.2) is 18.5 Å². The normalized spacial score (nSPS) is 29.5. The van der Waals surface area contributed by atoms with Crippen LogP contribution in [-0.2, 0) is 14.3 Å². The van der Waals surface area contributed by atoms with E-state index >= 15 is 0 Å². The van der Waals surface area contributed by atoms with E-state index in [2.05, 4.69) is 4.74 Å². The van der Waals surface area contributed by atoms with E-state index in [4.69, 9.17) is 15.3 Å². The molecule has 0 bridgehead atoms. The van der Waals surface area contributed by atoms with Crippen LogP contribution in [-0.4, -0.2) is 50.5 Å². The largest absolute Gasteiger partial charge is 0.502 e. The summed E-state index contributed by atoms with van der Waals surface area (Å²) in [5.41, 5.74) is 0. The van der Waals surface area contributed by atoms with Crippen molar-refractivity contribution in [3.8, 4) is 0 Å². The highest BCUT2D eigenvalue weighted by atomic mass is 16.6. The third kappa shape index (κ3) is 1.99. The Kier molecular flexibility index (Phi) is 3.08. The maximum absolute atomic E-state index is 11.2. The molecule has 7 nitrogen and oxygen atoms in total. The summed E-state index contributed by atoms with van der Waals surface area (Å²) < 4.78 is 4.53. The molecular formula is C8H10O7. The summed E-state index contributed by atoms with van der Waals surface area (Å²) in [4.78, 5) is 22.3. The van der Waals surface area contributed by atoms with Crippen molar-refractivity contribution in [1.82, 2.24) is 0 Å². The summed E-state index contributed by atoms with van der Waals surface area (Å²) >= 11 is 0. The molecule has 0 aliphatic heterocycles. The Bertz CT molecular complexity index is 330. The zero-order valence-electron chi connectivity index (χ0n) is 7.75. The Morgan fingerprint density at radius 2 is 1.67 bits per heavy atom. The first-order valence-corrected chi connectivity index (χ1v) is 4.08. The summed E-state index contributed by atoms with van der Waals surface area (Å²) in [5.74, 6) is -4.74. The minimum Gasteiger partial charge on any atom is -0.502 e. The third-order valence-corrected chi connectivity index (χ3v) is 1.85. The summed E-state index contributed by atoms with van der Waals surface area (Å²) in [6.45, 7) is 1.17. The van der Waals surface area contributed by atoms with Crippen LogP contribution in [0.1, 0.15) is 6.92 Å². The van der Waals surface area contributed by atoms with E-state index in [-0.39, 0.29) is 0 Å². The Hall–Kier alpha value is -1.44. The first-order valence-electron chi connectivity index (χ1n) is 4.08. The first-order chi connectivity index (χ1) is 6.86. The molecule has 0 saturated heterocycles. The van der Waals surface area contributed by atoms with Crippen molar-refractivity contribution in [3.63, 3.8) is 0 Å². The highest BCUT2D eigenvalue weighted by Crippen LogP contribution is 2.19. The molecule has 0 heterocycles. The average molecular weight is 218 g/mol. The molecule has 0 aromatic heterocycles. The Morgan fingerprint density at radius 3 is 2.13 bits per heavy atom. The molecule has 3 atom stereocenters. The fourth-order valence-corrected chi connectivity index (χ4v) is 1.14. The van der Waals surface area contributed by atoms with E-state index in [0.717, 1.165) is 0 Å². The quantitative estimate of drug-likeness (QED) is 0.418. The van der Waals surface area contributed by atoms with Crippen molar-refractivity contribution in [2.45, 2.75) is 25.4 Å². The maximum Gasteiger partial charge on any atom is 0.233 e. The van der Waals surface area contributed by atoms with Crippen LogP contribution in [0.2, 0.25) is 0 Å². The summed E-state index contributed by atoms with van der Waals surface area (Å²) in [7, 11) is 0. The van der Waals surface area contributed by atoms with Gasteiger partial charge in [-0.15, -0.1) is 0 Å². The van der Waals surface area contributed by atoms with Gasteiger partial charge in [-0.2, -0.15) is 0 Å². The van der Waals surface area contributed by atoms with Crippen LogP contribution < -0.4 is 0 Å². The van der Waals surface area contributed by atoms with E-state index in [0.29, 0.717) is 0 Å². The summed E-state index contributed by atoms with van der Waals surface area (Å²) in [6, 6.07) is 0. The lowest BCUT2D eigenvalue weighted by Crippen LogP contribution is -2.48. The SMILES string of the molecule is C[C@H](O)OC1C(=O)C(O)=C(O)C(=O)[C@H]1O. The second kappa shape index (κ2) is 3.97. The number of carbonyl (C=O) groups excluding carboxylic acids is 2. The molecule has 1 aliphatic rings. The van der Waals surface area contributed by atoms with Gasteiger partial charge in [0.2, 0.25) is 23.1 Å². The number of ether oxygens (including phenoxy) is 1. The van der Waals surface area contributed by atoms with Gasteiger partial charge >= 0.3 is 0 Å². The molecule has 84 valence electrons. The van der Waals surface area contributed by atoms with Gasteiger partial charge in [0.1, 0.15) is 0 Å². The lowest BCUT2D eigenvalue weighted by molar-refractivity contribution is -0.177. The Labute approximate surface area is 84.2 Å². The molecule has 0 saturated carbocycles. The third-order valence-electron chi connectivity index (χ3n) is 1.85. The average Bonchev–Trinajstić information content (AvgIpc) is 2.18. The molecule has 1 aliphatic carbocycles. The summed E-state index contributed by atoms with van der Waals surface area (Å²) in [5, 5.41) is 36.0. The van der Waals surface area contributed by atoms with Gasteiger partial charge in [0, 0.05) is 0 Å². The van der Waals surface area contributed by atoms with Crippen molar-refractivity contribution in [2.75, 3.05) is 0 Å². The van der Waals surface area contributed by atoms with Gasteiger partial charge < -0.3 is 25.2 Å². The number of hydrogen-bond donors (Lipinski definition) is 4. The smallest absolute Gasteiger partial charge is 0.233 e. The number of aliphatic hydroxyl groups is 4. The molecule has 0 spiro atoms. The van der Waals surface area contributed by atoms with Crippen LogP contribution in [0, 0.1) is 0 Å². The van der Waals surface area contributed by atoms with Gasteiger partial charge in [-0.05, 0) is 6.92 Å². The molecule has 7 heteroatoms. The number of aliphatic hydroxyl groups excluding tert-OH is 4. The second-order valence-corrected chi connectivity index (χ2v) is 3.03. The zero-order valence-corrected chi connectivity index (χ0v) is 7.75. The van der Waals surface area contributed by atoms with E-state index in [1.807, 2.05) is 0 Å². The highest BCUT2D eigenvalue weighted by molar-refractivity contribution is 6.13. The predicted molar refractivity (Wildman–Crippen MR) is 44.9 cm³/mol. The maximum atomic E-state index is 11.2. The molecule has 0 amide bonds. The van der Waals surface area contributed by atoms with Crippen LogP contribution in [0.15, 0.2) is 11.5 Å². The van der Waals surface area contributed by atoms with E-state index in [1.54, 1.807) is 0 Å². The van der Waals surface area contributed by atoms with E-state index in [9.17, 15) is 14.7 Å². The lowest BCUT2D eigenvalue weighted by Gasteiger charge is -2.25. The monoisotopic (exact) mass is 218 g/mol. The van der Waals surface area contributed by atoms with Gasteiger partial charge in [-0.3, -0.25) is 9.59 Å². The number of Topliss-reactive ketones (excluding diaryl/α,β-unsaturated/α-hetero) is 2. The number of ketones is 2. The molecule has 1 rings (SSSR count). The molecule has 1 unspecified atom stereocenters. The van der Waals surface area contributed by atoms with Crippen molar-refractivity contribution in [1.29, 1.82) is 0 Å². The number of hydrogen-bond acceptors (Lipinski definition) is 7. The van der Waals surface area contributed by atoms with E-state index in [1.165, 1.54) is 6.92 Å². The Morgan fingerprint density at radius 1 is 1.20 bits per heavy atom. The minimum absolute atomic E-state index is 1.15. The molecule has 4 N–H and O–H groups in total. The van der Waals surface area contributed by atoms with E-state index < -0.39 is 41.6 Å². The lowest BCUT2D eigenvalue weighted by atomic mass is 9.95. The molecule has 0 aromatic carbocycles. The molecule has 0 aromatic rings. The van der Waals surface area contributed by atoms with Gasteiger partial charge in [-0.25, -0.2) is 0 Å². The van der Waals surface area contributed by atoms with Crippen LogP contribution >= 0.6 is 0 Å². The molecule has 0 radical (unpaired) electrons. The topological polar surface area (TPSA) is 124 Å². The van der Waals surface area contributed by atoms with Gasteiger partial charge in [0.05, 0.1) is 0 Å². The standard InChI is InChI=1S/C8H10O7/c1-2(9)15-8-6(13)4(11)3(10)5(12)7(8)14/h2,6,8-10,12-13H,1H3/t2-,6-,8?/m1/s1. The van der Waals surface area contributed by atoms with Crippen LogP contribution in [0.25, 0.3) is 0 Å². The minimum atomic E-state index is -1.93. The molecule has 0 fully saturated rings. The first kappa shape index (κ1) is 11.6. The van der Waals surface area contributed by atoms with Crippen LogP contribution in [0.5, 0.6) is 0 Å². The van der Waals surface area contributed by atoms with Crippen molar-refractivity contribution < 1.29 is 34.8 Å². The Balaban J connectivity index is 3.02. The highest BCUT2D eigenvalue weighted by Gasteiger charge is 2.44.